The summed E-state index contributed by atoms with van der Waals surface area (Å²) in [6.07, 6.45) is 0. The van der Waals surface area contributed by atoms with Crippen molar-refractivity contribution < 1.29 is 8.42 Å². The predicted molar refractivity (Wildman–Crippen MR) is 58.0 cm³/mol. The molecule has 0 aliphatic heterocycles. The average Bonchev–Trinajstić information content (AvgIpc) is 1.99. The highest BCUT2D eigenvalue weighted by Crippen LogP contribution is 1.97. The van der Waals surface area contributed by atoms with Gasteiger partial charge in [0.1, 0.15) is 0 Å². The van der Waals surface area contributed by atoms with E-state index < -0.39 is 10.2 Å². The first kappa shape index (κ1) is 13.8. The Balaban J connectivity index is 4.17. The van der Waals surface area contributed by atoms with Gasteiger partial charge >= 0.3 is 0 Å². The highest BCUT2D eigenvalue weighted by molar-refractivity contribution is 7.87. The summed E-state index contributed by atoms with van der Waals surface area (Å²) < 4.78 is 26.8. The van der Waals surface area contributed by atoms with Crippen LogP contribution in [0, 0.1) is 5.92 Å². The Kier molecular flexibility index (Phi) is 5.58. The predicted octanol–water partition coefficient (Wildman–Crippen LogP) is -0.244. The summed E-state index contributed by atoms with van der Waals surface area (Å²) in [5, 5.41) is 0. The average molecular weight is 223 g/mol. The van der Waals surface area contributed by atoms with Crippen molar-refractivity contribution in [1.82, 2.24) is 9.03 Å². The smallest absolute Gasteiger partial charge is 0.279 e. The molecule has 0 aromatic heterocycles. The van der Waals surface area contributed by atoms with E-state index in [0.717, 1.165) is 0 Å². The Morgan fingerprint density at radius 3 is 2.21 bits per heavy atom. The zero-order chi connectivity index (χ0) is 11.4. The van der Waals surface area contributed by atoms with Crippen molar-refractivity contribution in [2.75, 3.05) is 20.1 Å². The molecule has 0 aromatic rings. The zero-order valence-corrected chi connectivity index (χ0v) is 10.1. The van der Waals surface area contributed by atoms with Gasteiger partial charge < -0.3 is 5.73 Å². The molecule has 0 aliphatic rings. The highest BCUT2D eigenvalue weighted by Gasteiger charge is 2.17. The number of likely N-dealkylation sites (N-methyl/N-ethyl adjacent to an activating group) is 1. The molecule has 0 radical (unpaired) electrons. The number of nitrogens with one attached hydrogen (secondary N) is 1. The lowest BCUT2D eigenvalue weighted by Gasteiger charge is -2.20. The molecule has 0 aliphatic carbocycles. The van der Waals surface area contributed by atoms with Crippen LogP contribution in [0.15, 0.2) is 0 Å². The maximum Gasteiger partial charge on any atom is 0.279 e. The third-order valence-electron chi connectivity index (χ3n) is 1.63. The minimum absolute atomic E-state index is 0.157. The zero-order valence-electron chi connectivity index (χ0n) is 9.32. The van der Waals surface area contributed by atoms with E-state index in [0.29, 0.717) is 19.0 Å². The van der Waals surface area contributed by atoms with E-state index >= 15 is 0 Å². The van der Waals surface area contributed by atoms with Crippen LogP contribution in [0.5, 0.6) is 0 Å². The first-order valence-corrected chi connectivity index (χ1v) is 6.16. The molecule has 0 amide bonds. The number of nitrogens with two attached hydrogens (primary N) is 1. The van der Waals surface area contributed by atoms with Gasteiger partial charge in [-0.25, -0.2) is 4.72 Å². The Morgan fingerprint density at radius 2 is 1.86 bits per heavy atom. The quantitative estimate of drug-likeness (QED) is 0.652. The Labute approximate surface area is 86.8 Å². The molecule has 5 nitrogen and oxygen atoms in total. The van der Waals surface area contributed by atoms with Gasteiger partial charge in [0.25, 0.3) is 10.2 Å². The normalized spacial score (nSPS) is 15.1. The molecule has 0 saturated carbocycles. The standard InChI is InChI=1S/C8H21N3O2S/c1-7(2)5-10-14(12,13)11(4)6-8(3)9/h7-8,10H,5-6,9H2,1-4H3. The molecule has 1 atom stereocenters. The van der Waals surface area contributed by atoms with E-state index in [4.69, 9.17) is 5.73 Å². The van der Waals surface area contributed by atoms with Crippen LogP contribution >= 0.6 is 0 Å². The van der Waals surface area contributed by atoms with Crippen molar-refractivity contribution in [2.24, 2.45) is 11.7 Å². The van der Waals surface area contributed by atoms with Gasteiger partial charge in [-0.1, -0.05) is 13.8 Å². The molecule has 0 bridgehead atoms. The summed E-state index contributed by atoms with van der Waals surface area (Å²) >= 11 is 0. The van der Waals surface area contributed by atoms with Crippen LogP contribution in [-0.4, -0.2) is 38.9 Å². The third-order valence-corrected chi connectivity index (χ3v) is 3.13. The molecule has 14 heavy (non-hydrogen) atoms. The minimum Gasteiger partial charge on any atom is -0.327 e. The van der Waals surface area contributed by atoms with Gasteiger partial charge in [0.15, 0.2) is 0 Å². The number of rotatable bonds is 6. The maximum absolute atomic E-state index is 11.5. The second-order valence-electron chi connectivity index (χ2n) is 4.01. The molecule has 0 aromatic carbocycles. The summed E-state index contributed by atoms with van der Waals surface area (Å²) in [5.74, 6) is 0.300. The van der Waals surface area contributed by atoms with E-state index in [1.54, 1.807) is 6.92 Å². The van der Waals surface area contributed by atoms with Crippen LogP contribution < -0.4 is 10.5 Å². The van der Waals surface area contributed by atoms with Crippen LogP contribution in [0.2, 0.25) is 0 Å². The van der Waals surface area contributed by atoms with Crippen LogP contribution in [0.4, 0.5) is 0 Å². The van der Waals surface area contributed by atoms with E-state index in [-0.39, 0.29) is 6.04 Å². The lowest BCUT2D eigenvalue weighted by molar-refractivity contribution is 0.432. The van der Waals surface area contributed by atoms with Gasteiger partial charge in [-0.15, -0.1) is 0 Å². The summed E-state index contributed by atoms with van der Waals surface area (Å²) in [6.45, 7) is 6.45. The van der Waals surface area contributed by atoms with Gasteiger partial charge in [0, 0.05) is 26.2 Å². The van der Waals surface area contributed by atoms with Crippen LogP contribution in [0.1, 0.15) is 20.8 Å². The van der Waals surface area contributed by atoms with Gasteiger partial charge in [-0.05, 0) is 12.8 Å². The molecule has 0 saturated heterocycles. The van der Waals surface area contributed by atoms with Gasteiger partial charge in [0.2, 0.25) is 0 Å². The Hall–Kier alpha value is -0.170. The van der Waals surface area contributed by atoms with Crippen LogP contribution in [0.3, 0.4) is 0 Å². The van der Waals surface area contributed by atoms with E-state index in [1.807, 2.05) is 13.8 Å². The molecule has 3 N–H and O–H groups in total. The number of nitrogens with zero attached hydrogens (tertiary/aromatic N) is 1. The molecule has 86 valence electrons. The minimum atomic E-state index is -3.35. The van der Waals surface area contributed by atoms with Crippen molar-refractivity contribution in [2.45, 2.75) is 26.8 Å². The summed E-state index contributed by atoms with van der Waals surface area (Å²) in [7, 11) is -1.83. The van der Waals surface area contributed by atoms with Gasteiger partial charge in [-0.3, -0.25) is 0 Å². The fourth-order valence-corrected chi connectivity index (χ4v) is 2.08. The largest absolute Gasteiger partial charge is 0.327 e. The maximum atomic E-state index is 11.5. The fourth-order valence-electron chi connectivity index (χ4n) is 0.886. The first-order valence-electron chi connectivity index (χ1n) is 4.72. The van der Waals surface area contributed by atoms with Crippen molar-refractivity contribution in [3.05, 3.63) is 0 Å². The summed E-state index contributed by atoms with van der Waals surface area (Å²) in [5.41, 5.74) is 5.51. The second kappa shape index (κ2) is 5.65. The third kappa shape index (κ3) is 5.54. The van der Waals surface area contributed by atoms with Crippen LogP contribution in [-0.2, 0) is 10.2 Å². The van der Waals surface area contributed by atoms with Crippen molar-refractivity contribution in [3.63, 3.8) is 0 Å². The SMILES string of the molecule is CC(C)CNS(=O)(=O)N(C)CC(C)N. The van der Waals surface area contributed by atoms with Gasteiger partial charge in [-0.2, -0.15) is 12.7 Å². The topological polar surface area (TPSA) is 75.4 Å². The molecule has 1 unspecified atom stereocenters. The van der Waals surface area contributed by atoms with E-state index in [9.17, 15) is 8.42 Å². The fraction of sp³-hybridized carbons (Fsp3) is 1.00. The molecular weight excluding hydrogens is 202 g/mol. The molecule has 6 heteroatoms. The first-order chi connectivity index (χ1) is 6.25. The van der Waals surface area contributed by atoms with Crippen molar-refractivity contribution >= 4 is 10.2 Å². The second-order valence-corrected chi connectivity index (χ2v) is 5.87. The monoisotopic (exact) mass is 223 g/mol. The number of hydrogen-bond donors (Lipinski definition) is 2. The molecular formula is C8H21N3O2S. The van der Waals surface area contributed by atoms with Crippen LogP contribution in [0.25, 0.3) is 0 Å². The highest BCUT2D eigenvalue weighted by atomic mass is 32.2. The molecule has 0 rings (SSSR count). The lowest BCUT2D eigenvalue weighted by atomic mass is 10.2. The van der Waals surface area contributed by atoms with Gasteiger partial charge in [0.05, 0.1) is 0 Å². The van der Waals surface area contributed by atoms with E-state index in [2.05, 4.69) is 4.72 Å². The summed E-state index contributed by atoms with van der Waals surface area (Å²) in [4.78, 5) is 0. The Bertz CT molecular complexity index is 249. The van der Waals surface area contributed by atoms with Crippen molar-refractivity contribution in [1.29, 1.82) is 0 Å². The lowest BCUT2D eigenvalue weighted by Crippen LogP contribution is -2.44. The molecule has 0 fully saturated rings. The van der Waals surface area contributed by atoms with E-state index in [1.165, 1.54) is 11.4 Å². The Morgan fingerprint density at radius 1 is 1.36 bits per heavy atom. The molecule has 0 heterocycles. The number of hydrogen-bond acceptors (Lipinski definition) is 3. The molecule has 0 spiro atoms. The summed E-state index contributed by atoms with van der Waals surface area (Å²) in [6, 6.07) is -0.157. The van der Waals surface area contributed by atoms with Crippen molar-refractivity contribution in [3.8, 4) is 0 Å².